The zero-order valence-corrected chi connectivity index (χ0v) is 14.0. The van der Waals surface area contributed by atoms with E-state index in [-0.39, 0.29) is 11.5 Å². The Morgan fingerprint density at radius 2 is 1.90 bits per heavy atom. The molecule has 3 nitrogen and oxygen atoms in total. The summed E-state index contributed by atoms with van der Waals surface area (Å²) in [5.74, 6) is 0. The normalized spacial score (nSPS) is 13.4. The van der Waals surface area contributed by atoms with Crippen molar-refractivity contribution < 1.29 is 4.74 Å². The summed E-state index contributed by atoms with van der Waals surface area (Å²) in [6, 6.07) is 8.26. The van der Waals surface area contributed by atoms with Crippen LogP contribution in [0.2, 0.25) is 0 Å². The number of benzene rings is 1. The van der Waals surface area contributed by atoms with Gasteiger partial charge in [0.2, 0.25) is 0 Å². The van der Waals surface area contributed by atoms with Crippen molar-refractivity contribution in [3.05, 3.63) is 40.2 Å². The monoisotopic (exact) mass is 304 g/mol. The lowest BCUT2D eigenvalue weighted by Gasteiger charge is -2.28. The molecule has 2 aromatic rings. The topological polar surface area (TPSA) is 48.1 Å². The summed E-state index contributed by atoms with van der Waals surface area (Å²) in [6.45, 7) is 9.85. The summed E-state index contributed by atoms with van der Waals surface area (Å²) >= 11 is 1.67. The first-order valence-corrected chi connectivity index (χ1v) is 8.20. The van der Waals surface area contributed by atoms with Gasteiger partial charge in [0.1, 0.15) is 11.1 Å². The molecule has 2 N–H and O–H groups in total. The van der Waals surface area contributed by atoms with Gasteiger partial charge in [-0.2, -0.15) is 0 Å². The van der Waals surface area contributed by atoms with Crippen LogP contribution in [-0.4, -0.2) is 11.6 Å². The molecule has 1 unspecified atom stereocenters. The van der Waals surface area contributed by atoms with E-state index in [9.17, 15) is 0 Å². The Hall–Kier alpha value is -1.23. The molecule has 4 heteroatoms. The lowest BCUT2D eigenvalue weighted by Crippen LogP contribution is -2.21. The maximum absolute atomic E-state index is 5.91. The van der Waals surface area contributed by atoms with Crippen LogP contribution in [0, 0.1) is 5.41 Å². The first kappa shape index (κ1) is 16.1. The zero-order chi connectivity index (χ0) is 15.5. The Balaban J connectivity index is 2.27. The highest BCUT2D eigenvalue weighted by Crippen LogP contribution is 2.38. The largest absolute Gasteiger partial charge is 0.371 e. The Labute approximate surface area is 131 Å². The average molecular weight is 304 g/mol. The first-order chi connectivity index (χ1) is 9.95. The summed E-state index contributed by atoms with van der Waals surface area (Å²) in [6.07, 6.45) is 0.0320. The van der Waals surface area contributed by atoms with Gasteiger partial charge in [-0.3, -0.25) is 0 Å². The number of nitrogens with zero attached hydrogens (tertiary/aromatic N) is 1. The standard InChI is InChI=1S/C17H24N2OS/c1-5-20-15(17(2,3)4)16-19-14(11-21-16)13-8-6-12(10-18)7-9-13/h6-9,11,15H,5,10,18H2,1-4H3. The predicted octanol–water partition coefficient (Wildman–Crippen LogP) is 4.39. The fourth-order valence-corrected chi connectivity index (χ4v) is 3.33. The lowest BCUT2D eigenvalue weighted by atomic mass is 9.89. The lowest BCUT2D eigenvalue weighted by molar-refractivity contribution is -0.0133. The van der Waals surface area contributed by atoms with Crippen LogP contribution in [0.1, 0.15) is 44.4 Å². The zero-order valence-electron chi connectivity index (χ0n) is 13.2. The predicted molar refractivity (Wildman–Crippen MR) is 89.3 cm³/mol. The van der Waals surface area contributed by atoms with Gasteiger partial charge in [-0.25, -0.2) is 4.98 Å². The van der Waals surface area contributed by atoms with E-state index in [2.05, 4.69) is 50.4 Å². The van der Waals surface area contributed by atoms with E-state index in [1.54, 1.807) is 11.3 Å². The molecule has 0 spiro atoms. The van der Waals surface area contributed by atoms with Gasteiger partial charge >= 0.3 is 0 Å². The summed E-state index contributed by atoms with van der Waals surface area (Å²) in [4.78, 5) is 4.78. The quantitative estimate of drug-likeness (QED) is 0.891. The van der Waals surface area contributed by atoms with Crippen molar-refractivity contribution in [2.75, 3.05) is 6.61 Å². The van der Waals surface area contributed by atoms with Gasteiger partial charge in [0, 0.05) is 24.1 Å². The van der Waals surface area contributed by atoms with E-state index in [1.165, 1.54) is 0 Å². The second-order valence-corrected chi connectivity index (χ2v) is 7.06. The second-order valence-electron chi connectivity index (χ2n) is 6.17. The molecule has 0 aliphatic carbocycles. The highest BCUT2D eigenvalue weighted by molar-refractivity contribution is 7.10. The van der Waals surface area contributed by atoms with Crippen molar-refractivity contribution in [3.8, 4) is 11.3 Å². The summed E-state index contributed by atoms with van der Waals surface area (Å²) in [7, 11) is 0. The molecule has 1 aromatic heterocycles. The first-order valence-electron chi connectivity index (χ1n) is 7.32. The van der Waals surface area contributed by atoms with Crippen molar-refractivity contribution in [1.29, 1.82) is 0 Å². The summed E-state index contributed by atoms with van der Waals surface area (Å²) in [5, 5.41) is 3.15. The number of nitrogens with two attached hydrogens (primary N) is 1. The third-order valence-corrected chi connectivity index (χ3v) is 4.24. The molecule has 0 fully saturated rings. The number of hydrogen-bond donors (Lipinski definition) is 1. The minimum Gasteiger partial charge on any atom is -0.371 e. The molecular weight excluding hydrogens is 280 g/mol. The van der Waals surface area contributed by atoms with E-state index in [0.29, 0.717) is 13.2 Å². The third kappa shape index (κ3) is 3.90. The van der Waals surface area contributed by atoms with Crippen molar-refractivity contribution in [2.24, 2.45) is 11.1 Å². The maximum Gasteiger partial charge on any atom is 0.123 e. The van der Waals surface area contributed by atoms with Gasteiger partial charge < -0.3 is 10.5 Å². The molecule has 0 aliphatic rings. The smallest absolute Gasteiger partial charge is 0.123 e. The molecular formula is C17H24N2OS. The van der Waals surface area contributed by atoms with E-state index >= 15 is 0 Å². The van der Waals surface area contributed by atoms with Crippen LogP contribution < -0.4 is 5.73 Å². The van der Waals surface area contributed by atoms with Crippen LogP contribution in [0.25, 0.3) is 11.3 Å². The fraction of sp³-hybridized carbons (Fsp3) is 0.471. The van der Waals surface area contributed by atoms with E-state index < -0.39 is 0 Å². The number of aromatic nitrogens is 1. The molecule has 0 bridgehead atoms. The van der Waals surface area contributed by atoms with E-state index in [4.69, 9.17) is 15.5 Å². The van der Waals surface area contributed by atoms with E-state index in [0.717, 1.165) is 21.8 Å². The van der Waals surface area contributed by atoms with Crippen LogP contribution in [0.15, 0.2) is 29.6 Å². The van der Waals surface area contributed by atoms with Crippen molar-refractivity contribution >= 4 is 11.3 Å². The van der Waals surface area contributed by atoms with Crippen molar-refractivity contribution in [1.82, 2.24) is 4.98 Å². The van der Waals surface area contributed by atoms with Gasteiger partial charge in [0.05, 0.1) is 5.69 Å². The molecule has 0 amide bonds. The molecule has 114 valence electrons. The van der Waals surface area contributed by atoms with Crippen LogP contribution >= 0.6 is 11.3 Å². The third-order valence-electron chi connectivity index (χ3n) is 3.35. The molecule has 1 aromatic carbocycles. The van der Waals surface area contributed by atoms with Gasteiger partial charge in [0.15, 0.2) is 0 Å². The molecule has 0 saturated carbocycles. The van der Waals surface area contributed by atoms with Crippen LogP contribution in [-0.2, 0) is 11.3 Å². The summed E-state index contributed by atoms with van der Waals surface area (Å²) < 4.78 is 5.91. The maximum atomic E-state index is 5.91. The van der Waals surface area contributed by atoms with Crippen molar-refractivity contribution in [2.45, 2.75) is 40.3 Å². The van der Waals surface area contributed by atoms with Crippen LogP contribution in [0.4, 0.5) is 0 Å². The number of ether oxygens (including phenoxy) is 1. The second kappa shape index (κ2) is 6.69. The minimum absolute atomic E-state index is 0.0320. The Morgan fingerprint density at radius 1 is 1.24 bits per heavy atom. The Kier molecular flexibility index (Phi) is 5.14. The number of hydrogen-bond acceptors (Lipinski definition) is 4. The Bertz CT molecular complexity index is 569. The number of rotatable bonds is 5. The van der Waals surface area contributed by atoms with Gasteiger partial charge in [-0.05, 0) is 17.9 Å². The SMILES string of the molecule is CCOC(c1nc(-c2ccc(CN)cc2)cs1)C(C)(C)C. The highest BCUT2D eigenvalue weighted by atomic mass is 32.1. The fourth-order valence-electron chi connectivity index (χ4n) is 2.21. The van der Waals surface area contributed by atoms with Gasteiger partial charge in [0.25, 0.3) is 0 Å². The molecule has 0 saturated heterocycles. The van der Waals surface area contributed by atoms with E-state index in [1.807, 2.05) is 6.92 Å². The van der Waals surface area contributed by atoms with Crippen LogP contribution in [0.3, 0.4) is 0 Å². The molecule has 21 heavy (non-hydrogen) atoms. The van der Waals surface area contributed by atoms with Gasteiger partial charge in [-0.15, -0.1) is 11.3 Å². The minimum atomic E-state index is 0.0320. The molecule has 0 radical (unpaired) electrons. The molecule has 1 atom stereocenters. The molecule has 1 heterocycles. The Morgan fingerprint density at radius 3 is 2.43 bits per heavy atom. The number of thiazole rings is 1. The summed E-state index contributed by atoms with van der Waals surface area (Å²) in [5.41, 5.74) is 8.94. The molecule has 2 rings (SSSR count). The molecule has 0 aliphatic heterocycles. The van der Waals surface area contributed by atoms with Crippen molar-refractivity contribution in [3.63, 3.8) is 0 Å². The van der Waals surface area contributed by atoms with Crippen LogP contribution in [0.5, 0.6) is 0 Å². The average Bonchev–Trinajstić information content (AvgIpc) is 2.93. The van der Waals surface area contributed by atoms with Gasteiger partial charge in [-0.1, -0.05) is 45.0 Å². The highest BCUT2D eigenvalue weighted by Gasteiger charge is 2.29.